The molecule has 0 radical (unpaired) electrons. The topological polar surface area (TPSA) is 46.3 Å². The van der Waals surface area contributed by atoms with E-state index in [2.05, 4.69) is 12.1 Å². The van der Waals surface area contributed by atoms with Gasteiger partial charge in [0.1, 0.15) is 0 Å². The summed E-state index contributed by atoms with van der Waals surface area (Å²) in [4.78, 5) is 14.5. The van der Waals surface area contributed by atoms with Crippen LogP contribution in [0.5, 0.6) is 0 Å². The Balaban J connectivity index is 2.15. The van der Waals surface area contributed by atoms with Crippen LogP contribution in [0, 0.1) is 6.92 Å². The number of carbonyl (C=O) groups excluding carboxylic acids is 1. The summed E-state index contributed by atoms with van der Waals surface area (Å²) in [6.07, 6.45) is 1.62. The quantitative estimate of drug-likeness (QED) is 0.890. The van der Waals surface area contributed by atoms with E-state index < -0.39 is 0 Å². The number of rotatable bonds is 6. The molecule has 0 aliphatic rings. The van der Waals surface area contributed by atoms with Crippen molar-refractivity contribution in [2.45, 2.75) is 25.8 Å². The van der Waals surface area contributed by atoms with Gasteiger partial charge in [0.25, 0.3) is 5.91 Å². The fraction of sp³-hybridized carbons (Fsp3) is 0.316. The second kappa shape index (κ2) is 7.76. The lowest BCUT2D eigenvalue weighted by atomic mass is 10.0. The predicted molar refractivity (Wildman–Crippen MR) is 90.9 cm³/mol. The molecule has 2 aromatic rings. The van der Waals surface area contributed by atoms with Gasteiger partial charge in [-0.3, -0.25) is 4.79 Å². The average Bonchev–Trinajstić information content (AvgIpc) is 2.54. The van der Waals surface area contributed by atoms with E-state index in [9.17, 15) is 4.79 Å². The highest BCUT2D eigenvalue weighted by Crippen LogP contribution is 2.15. The van der Waals surface area contributed by atoms with Crippen LogP contribution in [0.1, 0.15) is 27.9 Å². The normalized spacial score (nSPS) is 12.0. The van der Waals surface area contributed by atoms with Crippen molar-refractivity contribution in [3.63, 3.8) is 0 Å². The summed E-state index contributed by atoms with van der Waals surface area (Å²) in [7, 11) is 1.87. The highest BCUT2D eigenvalue weighted by molar-refractivity contribution is 5.94. The number of nitrogens with zero attached hydrogens (tertiary/aromatic N) is 1. The van der Waals surface area contributed by atoms with E-state index in [1.165, 1.54) is 5.56 Å². The summed E-state index contributed by atoms with van der Waals surface area (Å²) in [5.41, 5.74) is 8.80. The summed E-state index contributed by atoms with van der Waals surface area (Å²) in [6.45, 7) is 2.57. The Morgan fingerprint density at radius 1 is 1.14 bits per heavy atom. The lowest BCUT2D eigenvalue weighted by molar-refractivity contribution is 0.0725. The molecule has 0 unspecified atom stereocenters. The Labute approximate surface area is 132 Å². The minimum absolute atomic E-state index is 0.0538. The zero-order valence-corrected chi connectivity index (χ0v) is 13.3. The molecule has 0 saturated heterocycles. The third-order valence-corrected chi connectivity index (χ3v) is 3.95. The molecule has 0 heterocycles. The molecule has 0 aliphatic heterocycles. The Kier molecular flexibility index (Phi) is 5.73. The van der Waals surface area contributed by atoms with Crippen molar-refractivity contribution in [3.8, 4) is 0 Å². The Hall–Kier alpha value is -2.13. The maximum absolute atomic E-state index is 12.7. The first kappa shape index (κ1) is 16.2. The molecule has 0 bridgehead atoms. The molecule has 0 fully saturated rings. The van der Waals surface area contributed by atoms with E-state index in [4.69, 9.17) is 5.73 Å². The summed E-state index contributed by atoms with van der Waals surface area (Å²) >= 11 is 0. The maximum Gasteiger partial charge on any atom is 0.253 e. The van der Waals surface area contributed by atoms with Gasteiger partial charge < -0.3 is 10.6 Å². The van der Waals surface area contributed by atoms with Gasteiger partial charge in [0.2, 0.25) is 0 Å². The van der Waals surface area contributed by atoms with Crippen LogP contribution < -0.4 is 5.73 Å². The molecule has 0 aromatic heterocycles. The van der Waals surface area contributed by atoms with Gasteiger partial charge in [-0.05, 0) is 44.0 Å². The smallest absolute Gasteiger partial charge is 0.253 e. The van der Waals surface area contributed by atoms with E-state index in [0.717, 1.165) is 24.0 Å². The highest BCUT2D eigenvalue weighted by atomic mass is 16.2. The number of hydrogen-bond donors (Lipinski definition) is 1. The zero-order chi connectivity index (χ0) is 15.9. The fourth-order valence-corrected chi connectivity index (χ4v) is 2.66. The second-order valence-corrected chi connectivity index (χ2v) is 5.71. The fourth-order valence-electron chi connectivity index (χ4n) is 2.66. The Morgan fingerprint density at radius 2 is 1.86 bits per heavy atom. The molecule has 1 atom stereocenters. The van der Waals surface area contributed by atoms with Gasteiger partial charge in [-0.2, -0.15) is 0 Å². The van der Waals surface area contributed by atoms with Crippen LogP contribution in [0.4, 0.5) is 0 Å². The van der Waals surface area contributed by atoms with Crippen molar-refractivity contribution in [2.75, 3.05) is 13.6 Å². The van der Waals surface area contributed by atoms with Crippen molar-refractivity contribution in [1.29, 1.82) is 0 Å². The predicted octanol–water partition coefficient (Wildman–Crippen LogP) is 3.03. The third kappa shape index (κ3) is 4.18. The standard InChI is InChI=1S/C19H24N2O/c1-15-7-6-10-17(13-15)19(22)21(2)18(11-12-20)14-16-8-4-3-5-9-16/h3-10,13,18H,11-12,14,20H2,1-2H3/t18-/m1/s1. The van der Waals surface area contributed by atoms with Crippen LogP contribution in [0.25, 0.3) is 0 Å². The van der Waals surface area contributed by atoms with Gasteiger partial charge in [-0.15, -0.1) is 0 Å². The van der Waals surface area contributed by atoms with Gasteiger partial charge in [-0.25, -0.2) is 0 Å². The van der Waals surface area contributed by atoms with Gasteiger partial charge in [0.15, 0.2) is 0 Å². The van der Waals surface area contributed by atoms with Crippen LogP contribution in [-0.2, 0) is 6.42 Å². The van der Waals surface area contributed by atoms with Gasteiger partial charge >= 0.3 is 0 Å². The molecule has 0 saturated carbocycles. The number of benzene rings is 2. The first-order valence-corrected chi connectivity index (χ1v) is 7.69. The molecule has 2 N–H and O–H groups in total. The van der Waals surface area contributed by atoms with Gasteiger partial charge in [0, 0.05) is 18.7 Å². The van der Waals surface area contributed by atoms with E-state index in [1.54, 1.807) is 0 Å². The number of amides is 1. The minimum atomic E-state index is 0.0538. The second-order valence-electron chi connectivity index (χ2n) is 5.71. The molecule has 0 spiro atoms. The average molecular weight is 296 g/mol. The Bertz CT molecular complexity index is 610. The van der Waals surface area contributed by atoms with E-state index in [1.807, 2.05) is 61.3 Å². The largest absolute Gasteiger partial charge is 0.338 e. The number of hydrogen-bond acceptors (Lipinski definition) is 2. The van der Waals surface area contributed by atoms with Crippen molar-refractivity contribution >= 4 is 5.91 Å². The Morgan fingerprint density at radius 3 is 2.50 bits per heavy atom. The monoisotopic (exact) mass is 296 g/mol. The number of carbonyl (C=O) groups is 1. The molecular weight excluding hydrogens is 272 g/mol. The summed E-state index contributed by atoms with van der Waals surface area (Å²) in [5, 5.41) is 0. The van der Waals surface area contributed by atoms with Crippen LogP contribution in [0.2, 0.25) is 0 Å². The molecule has 22 heavy (non-hydrogen) atoms. The minimum Gasteiger partial charge on any atom is -0.338 e. The van der Waals surface area contributed by atoms with Crippen molar-refractivity contribution in [2.24, 2.45) is 5.73 Å². The summed E-state index contributed by atoms with van der Waals surface area (Å²) in [5.74, 6) is 0.0538. The maximum atomic E-state index is 12.7. The van der Waals surface area contributed by atoms with Crippen molar-refractivity contribution in [3.05, 3.63) is 71.3 Å². The summed E-state index contributed by atoms with van der Waals surface area (Å²) < 4.78 is 0. The summed E-state index contributed by atoms with van der Waals surface area (Å²) in [6, 6.07) is 18.1. The lowest BCUT2D eigenvalue weighted by Gasteiger charge is -2.28. The molecule has 2 aromatic carbocycles. The van der Waals surface area contributed by atoms with Gasteiger partial charge in [0.05, 0.1) is 0 Å². The van der Waals surface area contributed by atoms with Crippen LogP contribution >= 0.6 is 0 Å². The first-order valence-electron chi connectivity index (χ1n) is 7.69. The van der Waals surface area contributed by atoms with E-state index >= 15 is 0 Å². The first-order chi connectivity index (χ1) is 10.6. The van der Waals surface area contributed by atoms with Crippen LogP contribution in [0.3, 0.4) is 0 Å². The zero-order valence-electron chi connectivity index (χ0n) is 13.3. The number of aryl methyl sites for hydroxylation is 1. The molecular formula is C19H24N2O. The molecule has 3 heteroatoms. The van der Waals surface area contributed by atoms with E-state index in [-0.39, 0.29) is 11.9 Å². The molecule has 2 rings (SSSR count). The SMILES string of the molecule is Cc1cccc(C(=O)N(C)[C@H](CCN)Cc2ccccc2)c1. The highest BCUT2D eigenvalue weighted by Gasteiger charge is 2.21. The number of nitrogens with two attached hydrogens (primary N) is 1. The lowest BCUT2D eigenvalue weighted by Crippen LogP contribution is -2.39. The van der Waals surface area contributed by atoms with Crippen LogP contribution in [0.15, 0.2) is 54.6 Å². The van der Waals surface area contributed by atoms with Gasteiger partial charge in [-0.1, -0.05) is 48.0 Å². The van der Waals surface area contributed by atoms with Crippen molar-refractivity contribution in [1.82, 2.24) is 4.90 Å². The molecule has 116 valence electrons. The molecule has 3 nitrogen and oxygen atoms in total. The third-order valence-electron chi connectivity index (χ3n) is 3.95. The van der Waals surface area contributed by atoms with Crippen molar-refractivity contribution < 1.29 is 4.79 Å². The molecule has 0 aliphatic carbocycles. The number of likely N-dealkylation sites (N-methyl/N-ethyl adjacent to an activating group) is 1. The van der Waals surface area contributed by atoms with E-state index in [0.29, 0.717) is 6.54 Å². The molecule has 1 amide bonds. The van der Waals surface area contributed by atoms with Crippen LogP contribution in [-0.4, -0.2) is 30.4 Å².